The molecule has 3 rings (SSSR count). The Morgan fingerprint density at radius 1 is 1.28 bits per heavy atom. The molecule has 25 heavy (non-hydrogen) atoms. The molecule has 0 atom stereocenters. The van der Waals surface area contributed by atoms with Gasteiger partial charge in [-0.25, -0.2) is 4.98 Å². The van der Waals surface area contributed by atoms with Crippen LogP contribution in [0, 0.1) is 6.92 Å². The summed E-state index contributed by atoms with van der Waals surface area (Å²) in [4.78, 5) is 20.9. The van der Waals surface area contributed by atoms with E-state index in [4.69, 9.17) is 11.6 Å². The summed E-state index contributed by atoms with van der Waals surface area (Å²) in [7, 11) is 0. The van der Waals surface area contributed by atoms with Gasteiger partial charge in [-0.15, -0.1) is 0 Å². The van der Waals surface area contributed by atoms with E-state index in [1.807, 2.05) is 6.92 Å². The molecular weight excluding hydrogens is 357 g/mol. The van der Waals surface area contributed by atoms with E-state index in [0.717, 1.165) is 36.3 Å². The molecule has 0 radical (unpaired) electrons. The molecule has 2 aromatic rings. The van der Waals surface area contributed by atoms with Gasteiger partial charge in [0.05, 0.1) is 16.3 Å². The van der Waals surface area contributed by atoms with Crippen LogP contribution in [0.3, 0.4) is 0 Å². The van der Waals surface area contributed by atoms with Crippen molar-refractivity contribution in [2.75, 3.05) is 32.7 Å². The van der Waals surface area contributed by atoms with Crippen LogP contribution in [-0.4, -0.2) is 57.8 Å². The second-order valence-corrected chi connectivity index (χ2v) is 6.45. The molecule has 1 fully saturated rings. The van der Waals surface area contributed by atoms with Crippen LogP contribution >= 0.6 is 11.6 Å². The number of rotatable bonds is 2. The average Bonchev–Trinajstić information content (AvgIpc) is 2.90. The fourth-order valence-electron chi connectivity index (χ4n) is 3.05. The highest BCUT2D eigenvalue weighted by molar-refractivity contribution is 6.33. The van der Waals surface area contributed by atoms with Crippen LogP contribution in [0.25, 0.3) is 5.65 Å². The Morgan fingerprint density at radius 3 is 2.48 bits per heavy atom. The van der Waals surface area contributed by atoms with E-state index in [9.17, 15) is 18.0 Å². The van der Waals surface area contributed by atoms with E-state index >= 15 is 0 Å². The third kappa shape index (κ3) is 3.32. The molecule has 2 aromatic heterocycles. The van der Waals surface area contributed by atoms with Crippen LogP contribution in [0.4, 0.5) is 13.2 Å². The number of piperazine rings is 1. The number of alkyl halides is 3. The van der Waals surface area contributed by atoms with Gasteiger partial charge in [-0.05, 0) is 19.5 Å². The first kappa shape index (κ1) is 18.0. The fourth-order valence-corrected chi connectivity index (χ4v) is 3.30. The Kier molecular flexibility index (Phi) is 4.68. The summed E-state index contributed by atoms with van der Waals surface area (Å²) >= 11 is 5.97. The molecule has 5 nitrogen and oxygen atoms in total. The summed E-state index contributed by atoms with van der Waals surface area (Å²) in [5.41, 5.74) is -0.257. The van der Waals surface area contributed by atoms with Crippen molar-refractivity contribution in [1.82, 2.24) is 19.2 Å². The van der Waals surface area contributed by atoms with Gasteiger partial charge in [0.1, 0.15) is 5.69 Å². The van der Waals surface area contributed by atoms with E-state index in [1.54, 1.807) is 11.8 Å². The predicted molar refractivity (Wildman–Crippen MR) is 88.0 cm³/mol. The third-order valence-electron chi connectivity index (χ3n) is 4.49. The Bertz CT molecular complexity index is 810. The fraction of sp³-hybridized carbons (Fsp3) is 0.500. The number of aryl methyl sites for hydroxylation is 1. The Morgan fingerprint density at radius 2 is 1.92 bits per heavy atom. The number of pyridine rings is 1. The van der Waals surface area contributed by atoms with Crippen LogP contribution in [0.5, 0.6) is 0 Å². The number of carbonyl (C=O) groups is 1. The van der Waals surface area contributed by atoms with E-state index in [2.05, 4.69) is 9.88 Å². The molecule has 1 aliphatic rings. The van der Waals surface area contributed by atoms with Crippen LogP contribution in [-0.2, 0) is 6.18 Å². The van der Waals surface area contributed by atoms with Crippen molar-refractivity contribution in [3.05, 3.63) is 34.2 Å². The predicted octanol–water partition coefficient (Wildman–Crippen LogP) is 3.09. The van der Waals surface area contributed by atoms with E-state index < -0.39 is 11.7 Å². The van der Waals surface area contributed by atoms with Crippen LogP contribution in [0.2, 0.25) is 5.02 Å². The average molecular weight is 375 g/mol. The van der Waals surface area contributed by atoms with Gasteiger partial charge in [-0.1, -0.05) is 18.5 Å². The van der Waals surface area contributed by atoms with Crippen molar-refractivity contribution in [3.8, 4) is 0 Å². The molecule has 1 amide bonds. The normalized spacial score (nSPS) is 16.6. The van der Waals surface area contributed by atoms with E-state index in [0.29, 0.717) is 18.8 Å². The Hall–Kier alpha value is -1.80. The van der Waals surface area contributed by atoms with Crippen molar-refractivity contribution >= 4 is 23.2 Å². The smallest absolute Gasteiger partial charge is 0.335 e. The number of carbonyl (C=O) groups excluding carboxylic acids is 1. The highest BCUT2D eigenvalue weighted by atomic mass is 35.5. The van der Waals surface area contributed by atoms with Crippen LogP contribution < -0.4 is 0 Å². The maximum absolute atomic E-state index is 13.1. The zero-order valence-corrected chi connectivity index (χ0v) is 14.7. The first-order chi connectivity index (χ1) is 11.7. The van der Waals surface area contributed by atoms with Gasteiger partial charge in [0.15, 0.2) is 5.65 Å². The van der Waals surface area contributed by atoms with E-state index in [1.165, 1.54) is 0 Å². The maximum atomic E-state index is 13.1. The largest absolute Gasteiger partial charge is 0.417 e. The zero-order valence-electron chi connectivity index (χ0n) is 13.9. The van der Waals surface area contributed by atoms with Gasteiger partial charge in [0.25, 0.3) is 5.91 Å². The number of halogens is 4. The van der Waals surface area contributed by atoms with Gasteiger partial charge in [-0.2, -0.15) is 13.2 Å². The van der Waals surface area contributed by atoms with Gasteiger partial charge < -0.3 is 9.80 Å². The van der Waals surface area contributed by atoms with Crippen molar-refractivity contribution in [2.24, 2.45) is 0 Å². The molecule has 1 aliphatic heterocycles. The SMILES string of the molecule is CCN1CCN(C(=O)c2c(C)nc3c(Cl)cc(C(F)(F)F)cn23)CC1. The van der Waals surface area contributed by atoms with Gasteiger partial charge >= 0.3 is 6.18 Å². The summed E-state index contributed by atoms with van der Waals surface area (Å²) in [5, 5.41) is -0.132. The molecule has 0 spiro atoms. The Balaban J connectivity index is 2.02. The minimum Gasteiger partial charge on any atom is -0.335 e. The maximum Gasteiger partial charge on any atom is 0.417 e. The van der Waals surface area contributed by atoms with Crippen molar-refractivity contribution < 1.29 is 18.0 Å². The first-order valence-electron chi connectivity index (χ1n) is 7.99. The number of hydrogen-bond acceptors (Lipinski definition) is 3. The summed E-state index contributed by atoms with van der Waals surface area (Å²) in [6.45, 7) is 7.11. The quantitative estimate of drug-likeness (QED) is 0.811. The topological polar surface area (TPSA) is 40.8 Å². The number of fused-ring (bicyclic) bond motifs is 1. The highest BCUT2D eigenvalue weighted by Crippen LogP contribution is 2.33. The number of aromatic nitrogens is 2. The zero-order chi connectivity index (χ0) is 18.4. The molecule has 0 aliphatic carbocycles. The first-order valence-corrected chi connectivity index (χ1v) is 8.37. The van der Waals surface area contributed by atoms with Gasteiger partial charge in [0, 0.05) is 32.4 Å². The molecule has 0 bridgehead atoms. The molecule has 0 N–H and O–H groups in total. The lowest BCUT2D eigenvalue weighted by atomic mass is 10.2. The molecule has 3 heterocycles. The lowest BCUT2D eigenvalue weighted by Crippen LogP contribution is -2.48. The summed E-state index contributed by atoms with van der Waals surface area (Å²) in [5.74, 6) is -0.323. The minimum absolute atomic E-state index is 0.132. The van der Waals surface area contributed by atoms with Gasteiger partial charge in [0.2, 0.25) is 0 Å². The molecule has 0 aromatic carbocycles. The number of likely N-dealkylation sites (N-methyl/N-ethyl adjacent to an activating group) is 1. The number of amides is 1. The third-order valence-corrected chi connectivity index (χ3v) is 4.76. The molecule has 0 saturated carbocycles. The monoisotopic (exact) mass is 374 g/mol. The van der Waals surface area contributed by atoms with Crippen LogP contribution in [0.1, 0.15) is 28.7 Å². The molecule has 136 valence electrons. The van der Waals surface area contributed by atoms with Crippen molar-refractivity contribution in [3.63, 3.8) is 0 Å². The summed E-state index contributed by atoms with van der Waals surface area (Å²) < 4.78 is 40.4. The molecule has 0 unspecified atom stereocenters. The standard InChI is InChI=1S/C16H18ClF3N4O/c1-3-22-4-6-23(7-5-22)15(25)13-10(2)21-14-12(17)8-11(9-24(13)14)16(18,19)20/h8-9H,3-7H2,1-2H3. The lowest BCUT2D eigenvalue weighted by molar-refractivity contribution is -0.137. The molecular formula is C16H18ClF3N4O. The molecule has 1 saturated heterocycles. The number of nitrogens with zero attached hydrogens (tertiary/aromatic N) is 4. The Labute approximate surface area is 148 Å². The van der Waals surface area contributed by atoms with Crippen molar-refractivity contribution in [2.45, 2.75) is 20.0 Å². The van der Waals surface area contributed by atoms with Crippen LogP contribution in [0.15, 0.2) is 12.3 Å². The highest BCUT2D eigenvalue weighted by Gasteiger charge is 2.33. The second kappa shape index (κ2) is 6.49. The van der Waals surface area contributed by atoms with Crippen molar-refractivity contribution in [1.29, 1.82) is 0 Å². The number of imidazole rings is 1. The van der Waals surface area contributed by atoms with Gasteiger partial charge in [-0.3, -0.25) is 9.20 Å². The number of hydrogen-bond donors (Lipinski definition) is 0. The van der Waals surface area contributed by atoms with E-state index in [-0.39, 0.29) is 22.3 Å². The summed E-state index contributed by atoms with van der Waals surface area (Å²) in [6, 6.07) is 0.831. The molecule has 9 heteroatoms. The second-order valence-electron chi connectivity index (χ2n) is 6.04. The lowest BCUT2D eigenvalue weighted by Gasteiger charge is -2.34. The minimum atomic E-state index is -4.55. The summed E-state index contributed by atoms with van der Waals surface area (Å²) in [6.07, 6.45) is -3.67.